The van der Waals surface area contributed by atoms with Gasteiger partial charge in [0.2, 0.25) is 0 Å². The molecular formula is C17H16ClNO3. The zero-order chi connectivity index (χ0) is 15.5. The van der Waals surface area contributed by atoms with Crippen LogP contribution in [0.2, 0.25) is 5.02 Å². The first kappa shape index (κ1) is 14.7. The highest BCUT2D eigenvalue weighted by atomic mass is 35.5. The van der Waals surface area contributed by atoms with Crippen LogP contribution in [0, 0.1) is 0 Å². The first-order chi connectivity index (χ1) is 10.6. The van der Waals surface area contributed by atoms with E-state index < -0.39 is 0 Å². The number of rotatable bonds is 3. The SMILES string of the molecule is C[C@@H](NC(=O)c1ccc(Cl)cc1)[C@@H]1COc2ccccc2O1. The van der Waals surface area contributed by atoms with Crippen molar-refractivity contribution in [3.63, 3.8) is 0 Å². The van der Waals surface area contributed by atoms with E-state index in [-0.39, 0.29) is 18.1 Å². The smallest absolute Gasteiger partial charge is 0.251 e. The van der Waals surface area contributed by atoms with Crippen molar-refractivity contribution in [2.24, 2.45) is 0 Å². The minimum absolute atomic E-state index is 0.161. The predicted molar refractivity (Wildman–Crippen MR) is 84.7 cm³/mol. The average Bonchev–Trinajstić information content (AvgIpc) is 2.55. The zero-order valence-corrected chi connectivity index (χ0v) is 12.8. The second kappa shape index (κ2) is 6.28. The molecule has 22 heavy (non-hydrogen) atoms. The highest BCUT2D eigenvalue weighted by Crippen LogP contribution is 2.31. The topological polar surface area (TPSA) is 47.6 Å². The van der Waals surface area contributed by atoms with E-state index in [0.29, 0.717) is 22.9 Å². The second-order valence-corrected chi connectivity index (χ2v) is 5.62. The Labute approximate surface area is 134 Å². The van der Waals surface area contributed by atoms with Gasteiger partial charge in [0.15, 0.2) is 17.6 Å². The molecule has 2 atom stereocenters. The van der Waals surface area contributed by atoms with Crippen LogP contribution in [0.1, 0.15) is 17.3 Å². The van der Waals surface area contributed by atoms with Crippen LogP contribution in [0.4, 0.5) is 0 Å². The summed E-state index contributed by atoms with van der Waals surface area (Å²) in [5, 5.41) is 3.53. The van der Waals surface area contributed by atoms with Crippen molar-refractivity contribution in [1.29, 1.82) is 0 Å². The fraction of sp³-hybridized carbons (Fsp3) is 0.235. The van der Waals surface area contributed by atoms with E-state index >= 15 is 0 Å². The van der Waals surface area contributed by atoms with Gasteiger partial charge >= 0.3 is 0 Å². The highest BCUT2D eigenvalue weighted by Gasteiger charge is 2.27. The fourth-order valence-electron chi connectivity index (χ4n) is 2.27. The van der Waals surface area contributed by atoms with E-state index in [2.05, 4.69) is 5.32 Å². The summed E-state index contributed by atoms with van der Waals surface area (Å²) in [7, 11) is 0. The minimum Gasteiger partial charge on any atom is -0.486 e. The van der Waals surface area contributed by atoms with Gasteiger partial charge < -0.3 is 14.8 Å². The van der Waals surface area contributed by atoms with Gasteiger partial charge in [0.25, 0.3) is 5.91 Å². The summed E-state index contributed by atoms with van der Waals surface area (Å²) in [4.78, 5) is 12.2. The van der Waals surface area contributed by atoms with Crippen molar-refractivity contribution in [3.05, 3.63) is 59.1 Å². The molecule has 1 heterocycles. The van der Waals surface area contributed by atoms with Gasteiger partial charge in [-0.25, -0.2) is 0 Å². The Kier molecular flexibility index (Phi) is 4.20. The van der Waals surface area contributed by atoms with Crippen LogP contribution in [-0.2, 0) is 0 Å². The standard InChI is InChI=1S/C17H16ClNO3/c1-11(19-17(20)12-6-8-13(18)9-7-12)16-10-21-14-4-2-3-5-15(14)22-16/h2-9,11,16H,10H2,1H3,(H,19,20)/t11-,16+/m1/s1. The van der Waals surface area contributed by atoms with Crippen molar-refractivity contribution in [2.75, 3.05) is 6.61 Å². The molecule has 1 N–H and O–H groups in total. The number of ether oxygens (including phenoxy) is 2. The Morgan fingerprint density at radius 2 is 1.86 bits per heavy atom. The summed E-state index contributed by atoms with van der Waals surface area (Å²) in [6, 6.07) is 14.1. The van der Waals surface area contributed by atoms with Crippen LogP contribution < -0.4 is 14.8 Å². The van der Waals surface area contributed by atoms with Gasteiger partial charge in [-0.15, -0.1) is 0 Å². The van der Waals surface area contributed by atoms with Crippen LogP contribution >= 0.6 is 11.6 Å². The average molecular weight is 318 g/mol. The first-order valence-corrected chi connectivity index (χ1v) is 7.46. The predicted octanol–water partition coefficient (Wildman–Crippen LogP) is 3.30. The lowest BCUT2D eigenvalue weighted by Gasteiger charge is -2.30. The third kappa shape index (κ3) is 3.17. The van der Waals surface area contributed by atoms with Crippen molar-refractivity contribution in [1.82, 2.24) is 5.32 Å². The normalized spacial score (nSPS) is 17.6. The summed E-state index contributed by atoms with van der Waals surface area (Å²) >= 11 is 5.82. The number of benzene rings is 2. The Hall–Kier alpha value is -2.20. The molecule has 0 bridgehead atoms. The maximum Gasteiger partial charge on any atom is 0.251 e. The molecule has 0 saturated heterocycles. The van der Waals surface area contributed by atoms with Crippen molar-refractivity contribution >= 4 is 17.5 Å². The molecule has 2 aromatic carbocycles. The number of halogens is 1. The quantitative estimate of drug-likeness (QED) is 0.945. The largest absolute Gasteiger partial charge is 0.486 e. The summed E-state index contributed by atoms with van der Waals surface area (Å²) in [6.07, 6.45) is -0.230. The van der Waals surface area contributed by atoms with Crippen LogP contribution in [-0.4, -0.2) is 24.7 Å². The molecule has 3 rings (SSSR count). The Morgan fingerprint density at radius 1 is 1.18 bits per heavy atom. The summed E-state index contributed by atoms with van der Waals surface area (Å²) < 4.78 is 11.6. The third-order valence-electron chi connectivity index (χ3n) is 3.55. The second-order valence-electron chi connectivity index (χ2n) is 5.18. The first-order valence-electron chi connectivity index (χ1n) is 7.08. The molecule has 0 unspecified atom stereocenters. The van der Waals surface area contributed by atoms with Crippen LogP contribution in [0.5, 0.6) is 11.5 Å². The van der Waals surface area contributed by atoms with E-state index in [0.717, 1.165) is 5.75 Å². The summed E-state index contributed by atoms with van der Waals surface area (Å²) in [5.74, 6) is 1.27. The van der Waals surface area contributed by atoms with Gasteiger partial charge in [0.1, 0.15) is 6.61 Å². The van der Waals surface area contributed by atoms with Crippen molar-refractivity contribution in [2.45, 2.75) is 19.1 Å². The van der Waals surface area contributed by atoms with Crippen molar-refractivity contribution in [3.8, 4) is 11.5 Å². The molecule has 0 aliphatic carbocycles. The third-order valence-corrected chi connectivity index (χ3v) is 3.81. The number of carbonyl (C=O) groups is 1. The molecular weight excluding hydrogens is 302 g/mol. The Morgan fingerprint density at radius 3 is 2.59 bits per heavy atom. The number of hydrogen-bond acceptors (Lipinski definition) is 3. The van der Waals surface area contributed by atoms with Gasteiger partial charge in [-0.05, 0) is 43.3 Å². The molecule has 0 spiro atoms. The van der Waals surface area contributed by atoms with Crippen LogP contribution in [0.3, 0.4) is 0 Å². The molecule has 0 fully saturated rings. The van der Waals surface area contributed by atoms with Gasteiger partial charge in [-0.1, -0.05) is 23.7 Å². The highest BCUT2D eigenvalue weighted by molar-refractivity contribution is 6.30. The molecule has 4 nitrogen and oxygen atoms in total. The molecule has 5 heteroatoms. The lowest BCUT2D eigenvalue weighted by atomic mass is 10.1. The summed E-state index contributed by atoms with van der Waals surface area (Å²) in [6.45, 7) is 2.30. The number of carbonyl (C=O) groups excluding carboxylic acids is 1. The van der Waals surface area contributed by atoms with E-state index in [1.54, 1.807) is 24.3 Å². The monoisotopic (exact) mass is 317 g/mol. The lowest BCUT2D eigenvalue weighted by Crippen LogP contribution is -2.48. The molecule has 114 valence electrons. The van der Waals surface area contributed by atoms with Gasteiger partial charge in [-0.3, -0.25) is 4.79 Å². The maximum absolute atomic E-state index is 12.2. The molecule has 1 aliphatic rings. The van der Waals surface area contributed by atoms with Crippen molar-refractivity contribution < 1.29 is 14.3 Å². The number of hydrogen-bond donors (Lipinski definition) is 1. The Bertz CT molecular complexity index is 672. The van der Waals surface area contributed by atoms with Gasteiger partial charge in [-0.2, -0.15) is 0 Å². The van der Waals surface area contributed by atoms with E-state index in [1.165, 1.54) is 0 Å². The van der Waals surface area contributed by atoms with E-state index in [9.17, 15) is 4.79 Å². The minimum atomic E-state index is -0.230. The fourth-order valence-corrected chi connectivity index (χ4v) is 2.39. The van der Waals surface area contributed by atoms with E-state index in [4.69, 9.17) is 21.1 Å². The van der Waals surface area contributed by atoms with Gasteiger partial charge in [0, 0.05) is 10.6 Å². The van der Waals surface area contributed by atoms with Gasteiger partial charge in [0.05, 0.1) is 6.04 Å². The number of para-hydroxylation sites is 2. The molecule has 0 aromatic heterocycles. The zero-order valence-electron chi connectivity index (χ0n) is 12.1. The summed E-state index contributed by atoms with van der Waals surface area (Å²) in [5.41, 5.74) is 0.563. The van der Waals surface area contributed by atoms with E-state index in [1.807, 2.05) is 31.2 Å². The van der Waals surface area contributed by atoms with Crippen LogP contribution in [0.15, 0.2) is 48.5 Å². The molecule has 1 amide bonds. The lowest BCUT2D eigenvalue weighted by molar-refractivity contribution is 0.0606. The molecule has 0 saturated carbocycles. The number of nitrogens with one attached hydrogen (secondary N) is 1. The maximum atomic E-state index is 12.2. The Balaban J connectivity index is 1.64. The molecule has 2 aromatic rings. The number of amides is 1. The number of fused-ring (bicyclic) bond motifs is 1. The molecule has 0 radical (unpaired) electrons. The molecule has 1 aliphatic heterocycles. The van der Waals surface area contributed by atoms with Crippen LogP contribution in [0.25, 0.3) is 0 Å².